The Kier molecular flexibility index (Phi) is 61.6. The molecule has 512 valence electrons. The number of rotatable bonds is 64. The summed E-state index contributed by atoms with van der Waals surface area (Å²) in [5.74, 6) is -1.66. The average molecular weight is 1290 g/mol. The number of esters is 3. The van der Waals surface area contributed by atoms with Gasteiger partial charge in [-0.1, -0.05) is 252 Å². The number of allylic oxidation sites excluding steroid dienone is 18. The number of aliphatic hydroxyl groups excluding tert-OH is 2. The molecule has 0 radical (unpaired) electrons. The van der Waals surface area contributed by atoms with Crippen molar-refractivity contribution in [3.8, 4) is 0 Å². The van der Waals surface area contributed by atoms with E-state index in [1.54, 1.807) is 0 Å². The van der Waals surface area contributed by atoms with Crippen molar-refractivity contribution in [1.82, 2.24) is 0 Å². The van der Waals surface area contributed by atoms with E-state index < -0.39 is 91.5 Å². The molecule has 18 heteroatoms. The molecule has 0 fully saturated rings. The number of phosphoric acid groups is 2. The summed E-state index contributed by atoms with van der Waals surface area (Å²) < 4.78 is 60.8. The second-order valence-corrected chi connectivity index (χ2v) is 25.5. The molecule has 0 aliphatic heterocycles. The molecule has 5 atom stereocenters. The van der Waals surface area contributed by atoms with E-state index in [2.05, 4.69) is 118 Å². The minimum absolute atomic E-state index is 0.0915. The molecule has 0 heterocycles. The van der Waals surface area contributed by atoms with Crippen LogP contribution < -0.4 is 0 Å². The Hall–Kier alpha value is -3.79. The van der Waals surface area contributed by atoms with Gasteiger partial charge in [0, 0.05) is 19.3 Å². The molecule has 0 spiro atoms. The van der Waals surface area contributed by atoms with Gasteiger partial charge in [-0.15, -0.1) is 0 Å². The Balaban J connectivity index is 4.71. The lowest BCUT2D eigenvalue weighted by Gasteiger charge is -2.21. The minimum atomic E-state index is -4.94. The lowest BCUT2D eigenvalue weighted by Crippen LogP contribution is -2.30. The summed E-state index contributed by atoms with van der Waals surface area (Å²) in [4.78, 5) is 58.3. The summed E-state index contributed by atoms with van der Waals surface area (Å²) >= 11 is 0. The van der Waals surface area contributed by atoms with E-state index in [-0.39, 0.29) is 19.3 Å². The number of phosphoric ester groups is 2. The van der Waals surface area contributed by atoms with Crippen LogP contribution in [0.1, 0.15) is 265 Å². The number of carbonyl (C=O) groups excluding carboxylic acids is 3. The third kappa shape index (κ3) is 65.5. The Bertz CT molecular complexity index is 2060. The van der Waals surface area contributed by atoms with Crippen molar-refractivity contribution >= 4 is 33.6 Å². The maximum atomic E-state index is 12.9. The van der Waals surface area contributed by atoms with Gasteiger partial charge in [0.25, 0.3) is 0 Å². The van der Waals surface area contributed by atoms with Gasteiger partial charge in [-0.05, 0) is 103 Å². The summed E-state index contributed by atoms with van der Waals surface area (Å²) in [6.45, 7) is 2.44. The van der Waals surface area contributed by atoms with Crippen LogP contribution in [0.25, 0.3) is 0 Å². The fourth-order valence-electron chi connectivity index (χ4n) is 8.77. The number of ether oxygens (including phenoxy) is 3. The van der Waals surface area contributed by atoms with Gasteiger partial charge in [-0.2, -0.15) is 0 Å². The van der Waals surface area contributed by atoms with E-state index in [4.69, 9.17) is 32.3 Å². The zero-order valence-electron chi connectivity index (χ0n) is 55.3. The lowest BCUT2D eigenvalue weighted by molar-refractivity contribution is -0.161. The number of hydrogen-bond donors (Lipinski definition) is 4. The van der Waals surface area contributed by atoms with E-state index in [0.717, 1.165) is 109 Å². The average Bonchev–Trinajstić information content (AvgIpc) is 3.73. The number of unbranched alkanes of at least 4 members (excludes halogenated alkanes) is 23. The topological polar surface area (TPSA) is 231 Å². The van der Waals surface area contributed by atoms with Crippen LogP contribution in [-0.4, -0.2) is 95.9 Å². The van der Waals surface area contributed by atoms with Crippen molar-refractivity contribution in [3.05, 3.63) is 109 Å². The summed E-state index contributed by atoms with van der Waals surface area (Å²) in [6.07, 6.45) is 71.4. The molecule has 0 amide bonds. The molecule has 0 aromatic carbocycles. The van der Waals surface area contributed by atoms with E-state index in [9.17, 15) is 43.5 Å². The van der Waals surface area contributed by atoms with Crippen molar-refractivity contribution in [1.29, 1.82) is 0 Å². The van der Waals surface area contributed by atoms with Gasteiger partial charge in [0.2, 0.25) is 0 Å². The Morgan fingerprint density at radius 1 is 0.326 bits per heavy atom. The fraction of sp³-hybridized carbons (Fsp3) is 0.704. The second kappa shape index (κ2) is 64.3. The van der Waals surface area contributed by atoms with Crippen molar-refractivity contribution < 1.29 is 75.8 Å². The SMILES string of the molecule is CC/C=C\C/C=C\C/C=C\C/C=C\C/C=C\CCCC(=O)OCC(COP(=O)(O)OCC(O)COP(=O)(O)OCC(O)COC(=O)CCCCCCC/C=C\C/C=C\C/C=C\C/C=C\CCCCC)OC(=O)CCCCCCCCCCCCCCCCC. The first-order chi connectivity index (χ1) is 43.2. The first-order valence-electron chi connectivity index (χ1n) is 34.2. The van der Waals surface area contributed by atoms with Gasteiger partial charge in [0.1, 0.15) is 25.4 Å². The van der Waals surface area contributed by atoms with Crippen LogP contribution in [0.4, 0.5) is 0 Å². The molecule has 16 nitrogen and oxygen atoms in total. The van der Waals surface area contributed by atoms with Crippen LogP contribution in [0.5, 0.6) is 0 Å². The number of aliphatic hydroxyl groups is 2. The smallest absolute Gasteiger partial charge is 0.463 e. The summed E-state index contributed by atoms with van der Waals surface area (Å²) in [5, 5.41) is 20.5. The van der Waals surface area contributed by atoms with Crippen LogP contribution in [0.3, 0.4) is 0 Å². The zero-order chi connectivity index (χ0) is 65.3. The molecule has 0 aromatic rings. The van der Waals surface area contributed by atoms with Gasteiger partial charge in [-0.25, -0.2) is 9.13 Å². The van der Waals surface area contributed by atoms with Crippen molar-refractivity contribution in [3.63, 3.8) is 0 Å². The van der Waals surface area contributed by atoms with Crippen LogP contribution in [0.2, 0.25) is 0 Å². The summed E-state index contributed by atoms with van der Waals surface area (Å²) in [6, 6.07) is 0. The van der Waals surface area contributed by atoms with Crippen molar-refractivity contribution in [2.24, 2.45) is 0 Å². The third-order valence-electron chi connectivity index (χ3n) is 14.0. The monoisotopic (exact) mass is 1290 g/mol. The van der Waals surface area contributed by atoms with Crippen molar-refractivity contribution in [2.45, 2.75) is 283 Å². The predicted molar refractivity (Wildman–Crippen MR) is 362 cm³/mol. The zero-order valence-corrected chi connectivity index (χ0v) is 57.1. The first kappa shape index (κ1) is 85.2. The Morgan fingerprint density at radius 3 is 1.01 bits per heavy atom. The number of carbonyl (C=O) groups is 3. The van der Waals surface area contributed by atoms with Gasteiger partial charge >= 0.3 is 33.6 Å². The highest BCUT2D eigenvalue weighted by atomic mass is 31.2. The molecule has 0 saturated carbocycles. The highest BCUT2D eigenvalue weighted by molar-refractivity contribution is 7.47. The summed E-state index contributed by atoms with van der Waals surface area (Å²) in [5.41, 5.74) is 0. The van der Waals surface area contributed by atoms with Gasteiger partial charge in [-0.3, -0.25) is 32.5 Å². The predicted octanol–water partition coefficient (Wildman–Crippen LogP) is 18.9. The highest BCUT2D eigenvalue weighted by Crippen LogP contribution is 2.45. The molecule has 5 unspecified atom stereocenters. The van der Waals surface area contributed by atoms with Crippen LogP contribution in [0, 0.1) is 0 Å². The lowest BCUT2D eigenvalue weighted by atomic mass is 10.0. The Morgan fingerprint density at radius 2 is 0.607 bits per heavy atom. The molecule has 0 bridgehead atoms. The van der Waals surface area contributed by atoms with E-state index in [0.29, 0.717) is 25.7 Å². The van der Waals surface area contributed by atoms with Gasteiger partial charge < -0.3 is 34.2 Å². The molecule has 0 rings (SSSR count). The third-order valence-corrected chi connectivity index (χ3v) is 15.9. The normalized spacial score (nSPS) is 14.9. The van der Waals surface area contributed by atoms with E-state index in [1.807, 2.05) is 12.2 Å². The standard InChI is InChI=1S/C71H122O16P2/c1-4-7-10-13-16-19-22-25-28-30-31-32-33-35-38-39-42-45-48-51-54-57-69(74)81-60-66(72)61-83-88(77,78)84-62-67(73)63-85-89(79,80)86-65-68(87-71(76)59-56-53-50-47-44-41-36-27-24-21-18-15-12-9-6-3)64-82-70(75)58-55-52-49-46-43-40-37-34-29-26-23-20-17-14-11-8-5-2/h8,11,16-17,19-20,25-26,28-29,31-32,35,37-38,40,46,49,66-68,72-73H,4-7,9-10,12-15,18,21-24,27,30,33-34,36,39,41-45,47-48,50-65H2,1-3H3,(H,77,78)(H,79,80)/b11-8-,19-16-,20-17-,28-25-,29-26-,32-31-,38-35-,40-37-,49-46-. The van der Waals surface area contributed by atoms with E-state index in [1.165, 1.54) is 89.9 Å². The van der Waals surface area contributed by atoms with Gasteiger partial charge in [0.15, 0.2) is 6.10 Å². The van der Waals surface area contributed by atoms with Crippen LogP contribution >= 0.6 is 15.6 Å². The summed E-state index contributed by atoms with van der Waals surface area (Å²) in [7, 11) is -9.80. The molecular weight excluding hydrogens is 1170 g/mol. The molecule has 0 aromatic heterocycles. The highest BCUT2D eigenvalue weighted by Gasteiger charge is 2.29. The molecule has 0 aliphatic carbocycles. The minimum Gasteiger partial charge on any atom is -0.463 e. The van der Waals surface area contributed by atoms with Crippen LogP contribution in [-0.2, 0) is 55.8 Å². The van der Waals surface area contributed by atoms with E-state index >= 15 is 0 Å². The fourth-order valence-corrected chi connectivity index (χ4v) is 10.4. The maximum Gasteiger partial charge on any atom is 0.472 e. The first-order valence-corrected chi connectivity index (χ1v) is 37.2. The van der Waals surface area contributed by atoms with Gasteiger partial charge in [0.05, 0.1) is 26.4 Å². The molecule has 4 N–H and O–H groups in total. The molecule has 0 aliphatic rings. The largest absolute Gasteiger partial charge is 0.472 e. The number of hydrogen-bond acceptors (Lipinski definition) is 14. The molecule has 0 saturated heterocycles. The van der Waals surface area contributed by atoms with Crippen LogP contribution in [0.15, 0.2) is 109 Å². The second-order valence-electron chi connectivity index (χ2n) is 22.6. The Labute approximate surface area is 539 Å². The quantitative estimate of drug-likeness (QED) is 0.0146. The molecular formula is C71H122O16P2. The molecule has 89 heavy (non-hydrogen) atoms. The maximum absolute atomic E-state index is 12.9. The van der Waals surface area contributed by atoms with Crippen molar-refractivity contribution in [2.75, 3.05) is 39.6 Å².